The summed E-state index contributed by atoms with van der Waals surface area (Å²) in [4.78, 5) is 27.2. The average molecular weight is 442 g/mol. The molecule has 4 nitrogen and oxygen atoms in total. The molecule has 2 rings (SSSR count). The van der Waals surface area contributed by atoms with Crippen molar-refractivity contribution in [1.29, 1.82) is 0 Å². The van der Waals surface area contributed by atoms with Gasteiger partial charge in [-0.25, -0.2) is 0 Å². The topological polar surface area (TPSA) is 49.4 Å². The van der Waals surface area contributed by atoms with Gasteiger partial charge in [-0.2, -0.15) is 0 Å². The van der Waals surface area contributed by atoms with Crippen molar-refractivity contribution in [2.24, 2.45) is 0 Å². The minimum Gasteiger partial charge on any atom is -0.352 e. The number of carbonyl (C=O) groups excluding carboxylic acids is 2. The molecule has 0 bridgehead atoms. The molecule has 0 fully saturated rings. The van der Waals surface area contributed by atoms with Gasteiger partial charge in [-0.05, 0) is 44.5 Å². The fourth-order valence-corrected chi connectivity index (χ4v) is 3.47. The molecule has 0 saturated heterocycles. The van der Waals surface area contributed by atoms with E-state index in [1.807, 2.05) is 19.9 Å². The van der Waals surface area contributed by atoms with Gasteiger partial charge in [-0.15, -0.1) is 0 Å². The van der Waals surface area contributed by atoms with E-state index < -0.39 is 6.04 Å². The largest absolute Gasteiger partial charge is 0.352 e. The van der Waals surface area contributed by atoms with E-state index >= 15 is 0 Å². The van der Waals surface area contributed by atoms with Crippen molar-refractivity contribution < 1.29 is 9.59 Å². The third-order valence-corrected chi connectivity index (χ3v) is 5.36. The maximum Gasteiger partial charge on any atom is 0.242 e. The highest BCUT2D eigenvalue weighted by Gasteiger charge is 2.28. The van der Waals surface area contributed by atoms with Gasteiger partial charge >= 0.3 is 0 Å². The van der Waals surface area contributed by atoms with Crippen molar-refractivity contribution >= 4 is 46.6 Å². The number of rotatable bonds is 7. The van der Waals surface area contributed by atoms with Crippen LogP contribution in [0.5, 0.6) is 0 Å². The molecular formula is C21H23Cl3N2O2. The minimum atomic E-state index is -0.704. The van der Waals surface area contributed by atoms with Crippen LogP contribution in [0.2, 0.25) is 15.1 Å². The number of carbonyl (C=O) groups is 2. The first-order valence-electron chi connectivity index (χ1n) is 8.96. The molecule has 1 N–H and O–H groups in total. The van der Waals surface area contributed by atoms with Crippen LogP contribution in [-0.2, 0) is 22.6 Å². The predicted molar refractivity (Wildman–Crippen MR) is 115 cm³/mol. The number of hydrogen-bond acceptors (Lipinski definition) is 2. The maximum atomic E-state index is 13.1. The maximum absolute atomic E-state index is 13.1. The van der Waals surface area contributed by atoms with Crippen LogP contribution < -0.4 is 5.32 Å². The molecular weight excluding hydrogens is 419 g/mol. The van der Waals surface area contributed by atoms with Gasteiger partial charge < -0.3 is 10.2 Å². The molecule has 0 aromatic heterocycles. The first kappa shape index (κ1) is 22.5. The Morgan fingerprint density at radius 1 is 0.929 bits per heavy atom. The molecule has 0 aliphatic heterocycles. The summed E-state index contributed by atoms with van der Waals surface area (Å²) < 4.78 is 0. The summed E-state index contributed by atoms with van der Waals surface area (Å²) in [7, 11) is 0. The SMILES string of the molecule is CC(C)NC(=O)[C@@H](C)N(Cc1c(Cl)cccc1Cl)C(=O)Cc1ccccc1Cl. The van der Waals surface area contributed by atoms with Crippen molar-refractivity contribution in [3.8, 4) is 0 Å². The van der Waals surface area contributed by atoms with E-state index in [1.54, 1.807) is 43.3 Å². The molecule has 2 aromatic rings. The van der Waals surface area contributed by atoms with Crippen molar-refractivity contribution in [1.82, 2.24) is 10.2 Å². The molecule has 28 heavy (non-hydrogen) atoms. The lowest BCUT2D eigenvalue weighted by Gasteiger charge is -2.30. The number of nitrogens with one attached hydrogen (secondary N) is 1. The van der Waals surface area contributed by atoms with Gasteiger partial charge in [0.25, 0.3) is 0 Å². The molecule has 0 spiro atoms. The number of hydrogen-bond donors (Lipinski definition) is 1. The zero-order valence-corrected chi connectivity index (χ0v) is 18.3. The van der Waals surface area contributed by atoms with E-state index in [2.05, 4.69) is 5.32 Å². The summed E-state index contributed by atoms with van der Waals surface area (Å²) in [6, 6.07) is 11.5. The molecule has 0 aliphatic carbocycles. The van der Waals surface area contributed by atoms with Crippen LogP contribution in [0.3, 0.4) is 0 Å². The zero-order chi connectivity index (χ0) is 20.8. The van der Waals surface area contributed by atoms with Gasteiger partial charge in [0, 0.05) is 33.2 Å². The van der Waals surface area contributed by atoms with Crippen molar-refractivity contribution in [2.75, 3.05) is 0 Å². The first-order valence-corrected chi connectivity index (χ1v) is 10.1. The summed E-state index contributed by atoms with van der Waals surface area (Å²) in [5.41, 5.74) is 1.29. The van der Waals surface area contributed by atoms with E-state index in [0.717, 1.165) is 0 Å². The summed E-state index contributed by atoms with van der Waals surface area (Å²) in [6.07, 6.45) is 0.0705. The Labute approximate surface area is 180 Å². The Hall–Kier alpha value is -1.75. The van der Waals surface area contributed by atoms with Crippen molar-refractivity contribution in [3.05, 3.63) is 68.7 Å². The van der Waals surface area contributed by atoms with Crippen LogP contribution >= 0.6 is 34.8 Å². The number of amides is 2. The fourth-order valence-electron chi connectivity index (χ4n) is 2.75. The van der Waals surface area contributed by atoms with Crippen LogP contribution in [0, 0.1) is 0 Å². The molecule has 0 radical (unpaired) electrons. The van der Waals surface area contributed by atoms with Gasteiger partial charge in [0.2, 0.25) is 11.8 Å². The molecule has 1 atom stereocenters. The van der Waals surface area contributed by atoms with E-state index in [9.17, 15) is 9.59 Å². The third-order valence-electron chi connectivity index (χ3n) is 4.29. The highest BCUT2D eigenvalue weighted by atomic mass is 35.5. The monoisotopic (exact) mass is 440 g/mol. The quantitative estimate of drug-likeness (QED) is 0.647. The van der Waals surface area contributed by atoms with Crippen molar-refractivity contribution in [2.45, 2.75) is 45.8 Å². The Bertz CT molecular complexity index is 835. The van der Waals surface area contributed by atoms with Crippen LogP contribution in [0.15, 0.2) is 42.5 Å². The second-order valence-electron chi connectivity index (χ2n) is 6.83. The number of benzene rings is 2. The Morgan fingerprint density at radius 3 is 2.07 bits per heavy atom. The molecule has 0 saturated carbocycles. The van der Waals surface area contributed by atoms with Gasteiger partial charge in [-0.3, -0.25) is 9.59 Å². The summed E-state index contributed by atoms with van der Waals surface area (Å²) >= 11 is 18.8. The van der Waals surface area contributed by atoms with E-state index in [-0.39, 0.29) is 30.8 Å². The van der Waals surface area contributed by atoms with Crippen molar-refractivity contribution in [3.63, 3.8) is 0 Å². The highest BCUT2D eigenvalue weighted by Crippen LogP contribution is 2.27. The van der Waals surface area contributed by atoms with E-state index in [0.29, 0.717) is 26.2 Å². The summed E-state index contributed by atoms with van der Waals surface area (Å²) in [6.45, 7) is 5.54. The molecule has 7 heteroatoms. The Balaban J connectivity index is 2.33. The molecule has 0 aliphatic rings. The molecule has 0 unspecified atom stereocenters. The van der Waals surface area contributed by atoms with Gasteiger partial charge in [-0.1, -0.05) is 59.1 Å². The van der Waals surface area contributed by atoms with Crippen LogP contribution in [0.1, 0.15) is 31.9 Å². The molecule has 2 amide bonds. The lowest BCUT2D eigenvalue weighted by atomic mass is 10.1. The standard InChI is InChI=1S/C21H23Cl3N2O2/c1-13(2)25-21(28)14(3)26(12-16-18(23)9-6-10-19(16)24)20(27)11-15-7-4-5-8-17(15)22/h4-10,13-14H,11-12H2,1-3H3,(H,25,28)/t14-/m1/s1. The third kappa shape index (κ3) is 5.87. The normalized spacial score (nSPS) is 12.0. The van der Waals surface area contributed by atoms with Gasteiger partial charge in [0.15, 0.2) is 0 Å². The second kappa shape index (κ2) is 10.1. The highest BCUT2D eigenvalue weighted by molar-refractivity contribution is 6.36. The van der Waals surface area contributed by atoms with Crippen LogP contribution in [-0.4, -0.2) is 28.8 Å². The lowest BCUT2D eigenvalue weighted by molar-refractivity contribution is -0.140. The zero-order valence-electron chi connectivity index (χ0n) is 16.0. The summed E-state index contributed by atoms with van der Waals surface area (Å²) in [5.74, 6) is -0.485. The lowest BCUT2D eigenvalue weighted by Crippen LogP contribution is -2.49. The summed E-state index contributed by atoms with van der Waals surface area (Å²) in [5, 5.41) is 4.24. The smallest absolute Gasteiger partial charge is 0.242 e. The van der Waals surface area contributed by atoms with Crippen LogP contribution in [0.4, 0.5) is 0 Å². The molecule has 150 valence electrons. The number of halogens is 3. The predicted octanol–water partition coefficient (Wildman–Crippen LogP) is 5.13. The molecule has 0 heterocycles. The average Bonchev–Trinajstić information content (AvgIpc) is 2.62. The number of nitrogens with zero attached hydrogens (tertiary/aromatic N) is 1. The van der Waals surface area contributed by atoms with E-state index in [1.165, 1.54) is 4.90 Å². The first-order chi connectivity index (χ1) is 13.2. The molecule has 2 aromatic carbocycles. The fraction of sp³-hybridized carbons (Fsp3) is 0.333. The van der Waals surface area contributed by atoms with Gasteiger partial charge in [0.1, 0.15) is 6.04 Å². The second-order valence-corrected chi connectivity index (χ2v) is 8.05. The van der Waals surface area contributed by atoms with E-state index in [4.69, 9.17) is 34.8 Å². The minimum absolute atomic E-state index is 0.0422. The van der Waals surface area contributed by atoms with Crippen LogP contribution in [0.25, 0.3) is 0 Å². The Kier molecular flexibility index (Phi) is 8.17. The Morgan fingerprint density at radius 2 is 1.50 bits per heavy atom. The van der Waals surface area contributed by atoms with Gasteiger partial charge in [0.05, 0.1) is 6.42 Å².